The molecule has 0 bridgehead atoms. The number of benzene rings is 1. The number of carbonyl (C=O) groups is 1. The minimum absolute atomic E-state index is 0.0730. The molecule has 0 atom stereocenters. The summed E-state index contributed by atoms with van der Waals surface area (Å²) in [6, 6.07) is 7.48. The lowest BCUT2D eigenvalue weighted by Gasteiger charge is -2.04. The van der Waals surface area contributed by atoms with Gasteiger partial charge in [-0.25, -0.2) is 4.98 Å². The normalized spacial score (nSPS) is 10.3. The second-order valence-corrected chi connectivity index (χ2v) is 3.85. The van der Waals surface area contributed by atoms with Gasteiger partial charge in [0.1, 0.15) is 5.76 Å². The van der Waals surface area contributed by atoms with Crippen molar-refractivity contribution in [2.75, 3.05) is 7.05 Å². The molecule has 1 amide bonds. The monoisotopic (exact) mass is 245 g/mol. The Balaban J connectivity index is 1.85. The number of carbonyl (C=O) groups excluding carboxylic acids is 1. The Labute approximate surface area is 105 Å². The zero-order valence-corrected chi connectivity index (χ0v) is 10.1. The van der Waals surface area contributed by atoms with Crippen LogP contribution < -0.4 is 10.6 Å². The van der Waals surface area contributed by atoms with Gasteiger partial charge in [-0.3, -0.25) is 4.79 Å². The molecule has 0 saturated carbocycles. The standard InChI is InChI=1S/C13H15N3O2/c1-14-13(17)11-4-2-10(3-5-11)6-15-7-12-8-16-9-18-12/h2-5,8-9,15H,6-7H2,1H3,(H,14,17). The van der Waals surface area contributed by atoms with Gasteiger partial charge in [-0.2, -0.15) is 0 Å². The van der Waals surface area contributed by atoms with E-state index in [0.717, 1.165) is 11.3 Å². The molecule has 2 aromatic rings. The highest BCUT2D eigenvalue weighted by atomic mass is 16.3. The van der Waals surface area contributed by atoms with E-state index >= 15 is 0 Å². The minimum Gasteiger partial charge on any atom is -0.447 e. The van der Waals surface area contributed by atoms with Crippen LogP contribution in [0, 0.1) is 0 Å². The molecular formula is C13H15N3O2. The van der Waals surface area contributed by atoms with Crippen LogP contribution in [-0.4, -0.2) is 17.9 Å². The first kappa shape index (κ1) is 12.3. The van der Waals surface area contributed by atoms with Crippen molar-refractivity contribution in [1.82, 2.24) is 15.6 Å². The topological polar surface area (TPSA) is 67.2 Å². The molecule has 2 rings (SSSR count). The molecule has 0 aliphatic rings. The van der Waals surface area contributed by atoms with Gasteiger partial charge in [-0.05, 0) is 17.7 Å². The Kier molecular flexibility index (Phi) is 4.09. The fourth-order valence-electron chi connectivity index (χ4n) is 1.58. The van der Waals surface area contributed by atoms with Gasteiger partial charge < -0.3 is 15.1 Å². The molecule has 0 unspecified atom stereocenters. The van der Waals surface area contributed by atoms with Crippen LogP contribution in [0.4, 0.5) is 0 Å². The quantitative estimate of drug-likeness (QED) is 0.833. The first-order valence-electron chi connectivity index (χ1n) is 5.68. The second kappa shape index (κ2) is 5.97. The third-order valence-electron chi connectivity index (χ3n) is 2.56. The molecule has 0 fully saturated rings. The van der Waals surface area contributed by atoms with Gasteiger partial charge in [-0.1, -0.05) is 12.1 Å². The zero-order valence-electron chi connectivity index (χ0n) is 10.1. The maximum absolute atomic E-state index is 11.3. The molecule has 5 nitrogen and oxygen atoms in total. The van der Waals surface area contributed by atoms with Gasteiger partial charge in [-0.15, -0.1) is 0 Å². The highest BCUT2D eigenvalue weighted by Gasteiger charge is 2.02. The molecule has 2 N–H and O–H groups in total. The number of nitrogens with one attached hydrogen (secondary N) is 2. The largest absolute Gasteiger partial charge is 0.447 e. The first-order valence-corrected chi connectivity index (χ1v) is 5.68. The van der Waals surface area contributed by atoms with Crippen LogP contribution in [0.5, 0.6) is 0 Å². The number of rotatable bonds is 5. The summed E-state index contributed by atoms with van der Waals surface area (Å²) in [4.78, 5) is 15.2. The maximum atomic E-state index is 11.3. The summed E-state index contributed by atoms with van der Waals surface area (Å²) in [6.45, 7) is 1.35. The Morgan fingerprint density at radius 2 is 2.06 bits per heavy atom. The van der Waals surface area contributed by atoms with Crippen molar-refractivity contribution in [1.29, 1.82) is 0 Å². The van der Waals surface area contributed by atoms with Gasteiger partial charge in [0.25, 0.3) is 5.91 Å². The molecule has 0 spiro atoms. The van der Waals surface area contributed by atoms with Gasteiger partial charge in [0.15, 0.2) is 6.39 Å². The van der Waals surface area contributed by atoms with E-state index in [1.807, 2.05) is 24.3 Å². The highest BCUT2D eigenvalue weighted by Crippen LogP contribution is 2.05. The summed E-state index contributed by atoms with van der Waals surface area (Å²) in [5.41, 5.74) is 1.78. The lowest BCUT2D eigenvalue weighted by atomic mass is 10.1. The van der Waals surface area contributed by atoms with E-state index in [9.17, 15) is 4.79 Å². The smallest absolute Gasteiger partial charge is 0.251 e. The third-order valence-corrected chi connectivity index (χ3v) is 2.56. The van der Waals surface area contributed by atoms with Crippen molar-refractivity contribution in [3.63, 3.8) is 0 Å². The SMILES string of the molecule is CNC(=O)c1ccc(CNCc2cnco2)cc1. The summed E-state index contributed by atoms with van der Waals surface area (Å²) in [5.74, 6) is 0.730. The molecule has 0 saturated heterocycles. The van der Waals surface area contributed by atoms with Crippen LogP contribution in [-0.2, 0) is 13.1 Å². The summed E-state index contributed by atoms with van der Waals surface area (Å²) < 4.78 is 5.11. The van der Waals surface area contributed by atoms with Crippen molar-refractivity contribution in [2.24, 2.45) is 0 Å². The lowest BCUT2D eigenvalue weighted by molar-refractivity contribution is 0.0963. The fraction of sp³-hybridized carbons (Fsp3) is 0.231. The number of aromatic nitrogens is 1. The maximum Gasteiger partial charge on any atom is 0.251 e. The van der Waals surface area contributed by atoms with Crippen LogP contribution in [0.3, 0.4) is 0 Å². The Morgan fingerprint density at radius 3 is 2.67 bits per heavy atom. The summed E-state index contributed by atoms with van der Waals surface area (Å²) in [5, 5.41) is 5.82. The molecule has 0 radical (unpaired) electrons. The average molecular weight is 245 g/mol. The number of hydrogen-bond donors (Lipinski definition) is 2. The Bertz CT molecular complexity index is 491. The van der Waals surface area contributed by atoms with E-state index in [1.165, 1.54) is 6.39 Å². The van der Waals surface area contributed by atoms with Crippen LogP contribution >= 0.6 is 0 Å². The van der Waals surface area contributed by atoms with E-state index in [1.54, 1.807) is 13.2 Å². The molecule has 18 heavy (non-hydrogen) atoms. The van der Waals surface area contributed by atoms with Gasteiger partial charge >= 0.3 is 0 Å². The molecule has 1 aromatic heterocycles. The predicted octanol–water partition coefficient (Wildman–Crippen LogP) is 1.32. The minimum atomic E-state index is -0.0730. The average Bonchev–Trinajstić information content (AvgIpc) is 2.92. The van der Waals surface area contributed by atoms with Crippen molar-refractivity contribution in [3.8, 4) is 0 Å². The summed E-state index contributed by atoms with van der Waals surface area (Å²) in [6.07, 6.45) is 3.09. The van der Waals surface area contributed by atoms with Crippen LogP contribution in [0.1, 0.15) is 21.7 Å². The molecule has 94 valence electrons. The van der Waals surface area contributed by atoms with E-state index in [-0.39, 0.29) is 5.91 Å². The molecule has 0 aliphatic carbocycles. The van der Waals surface area contributed by atoms with Crippen LogP contribution in [0.15, 0.2) is 41.3 Å². The van der Waals surface area contributed by atoms with Gasteiger partial charge in [0, 0.05) is 19.2 Å². The number of oxazole rings is 1. The fourth-order valence-corrected chi connectivity index (χ4v) is 1.58. The Hall–Kier alpha value is -2.14. The Morgan fingerprint density at radius 1 is 1.28 bits per heavy atom. The zero-order chi connectivity index (χ0) is 12.8. The summed E-state index contributed by atoms with van der Waals surface area (Å²) >= 11 is 0. The number of amides is 1. The van der Waals surface area contributed by atoms with Crippen LogP contribution in [0.25, 0.3) is 0 Å². The van der Waals surface area contributed by atoms with Crippen molar-refractivity contribution in [2.45, 2.75) is 13.1 Å². The third kappa shape index (κ3) is 3.18. The van der Waals surface area contributed by atoms with Gasteiger partial charge in [0.2, 0.25) is 0 Å². The molecule has 5 heteroatoms. The second-order valence-electron chi connectivity index (χ2n) is 3.85. The van der Waals surface area contributed by atoms with Gasteiger partial charge in [0.05, 0.1) is 12.7 Å². The molecular weight excluding hydrogens is 230 g/mol. The van der Waals surface area contributed by atoms with E-state index in [0.29, 0.717) is 18.7 Å². The number of nitrogens with zero attached hydrogens (tertiary/aromatic N) is 1. The molecule has 1 heterocycles. The van der Waals surface area contributed by atoms with E-state index < -0.39 is 0 Å². The van der Waals surface area contributed by atoms with Crippen molar-refractivity contribution >= 4 is 5.91 Å². The van der Waals surface area contributed by atoms with E-state index in [2.05, 4.69) is 15.6 Å². The number of hydrogen-bond acceptors (Lipinski definition) is 4. The predicted molar refractivity (Wildman–Crippen MR) is 66.9 cm³/mol. The first-order chi connectivity index (χ1) is 8.79. The van der Waals surface area contributed by atoms with Crippen molar-refractivity contribution < 1.29 is 9.21 Å². The summed E-state index contributed by atoms with van der Waals surface area (Å²) in [7, 11) is 1.62. The molecule has 0 aliphatic heterocycles. The van der Waals surface area contributed by atoms with Crippen molar-refractivity contribution in [3.05, 3.63) is 53.7 Å². The lowest BCUT2D eigenvalue weighted by Crippen LogP contribution is -2.18. The van der Waals surface area contributed by atoms with E-state index in [4.69, 9.17) is 4.42 Å². The van der Waals surface area contributed by atoms with Crippen LogP contribution in [0.2, 0.25) is 0 Å². The highest BCUT2D eigenvalue weighted by molar-refractivity contribution is 5.93. The molecule has 1 aromatic carbocycles.